The summed E-state index contributed by atoms with van der Waals surface area (Å²) in [5.74, 6) is -0.127. The van der Waals surface area contributed by atoms with E-state index in [-0.39, 0.29) is 26.5 Å². The molecule has 0 unspecified atom stereocenters. The van der Waals surface area contributed by atoms with Crippen molar-refractivity contribution < 1.29 is 9.53 Å². The van der Waals surface area contributed by atoms with E-state index in [9.17, 15) is 14.9 Å². The lowest BCUT2D eigenvalue weighted by atomic mass is 10.2. The molecule has 0 radical (unpaired) electrons. The molecule has 0 spiro atoms. The minimum atomic E-state index is -0.716. The average Bonchev–Trinajstić information content (AvgIpc) is 3.18. The first-order valence-corrected chi connectivity index (χ1v) is 11.8. The lowest BCUT2D eigenvalue weighted by Gasteiger charge is -2.07. The Morgan fingerprint density at radius 1 is 1.09 bits per heavy atom. The molecular weight excluding hydrogens is 505 g/mol. The molecule has 1 heterocycles. The Labute approximate surface area is 214 Å². The van der Waals surface area contributed by atoms with E-state index in [1.807, 2.05) is 30.3 Å². The maximum atomic E-state index is 13.5. The van der Waals surface area contributed by atoms with Crippen LogP contribution in [0, 0.1) is 11.3 Å². The molecule has 0 saturated heterocycles. The van der Waals surface area contributed by atoms with Crippen LogP contribution in [-0.2, 0) is 4.79 Å². The SMILES string of the molecule is COc1ccccc1/C=c1/s/c(=C(/C#N)C(=O)Nc2cc(Cl)ccc2Cl)n(-c2ccccc2)c1=O. The second-order valence-corrected chi connectivity index (χ2v) is 9.07. The highest BCUT2D eigenvalue weighted by Gasteiger charge is 2.18. The predicted octanol–water partition coefficient (Wildman–Crippen LogP) is 4.36. The zero-order valence-corrected chi connectivity index (χ0v) is 20.6. The van der Waals surface area contributed by atoms with Crippen molar-refractivity contribution in [1.29, 1.82) is 5.26 Å². The highest BCUT2D eigenvalue weighted by Crippen LogP contribution is 2.26. The Morgan fingerprint density at radius 3 is 2.51 bits per heavy atom. The zero-order valence-electron chi connectivity index (χ0n) is 18.3. The van der Waals surface area contributed by atoms with E-state index in [4.69, 9.17) is 27.9 Å². The number of thiazole rings is 1. The monoisotopic (exact) mass is 521 g/mol. The smallest absolute Gasteiger partial charge is 0.273 e. The fourth-order valence-corrected chi connectivity index (χ4v) is 4.79. The van der Waals surface area contributed by atoms with Gasteiger partial charge in [0.1, 0.15) is 16.5 Å². The van der Waals surface area contributed by atoms with Gasteiger partial charge in [0.15, 0.2) is 5.57 Å². The van der Waals surface area contributed by atoms with Crippen LogP contribution in [0.4, 0.5) is 5.69 Å². The molecule has 0 aliphatic heterocycles. The van der Waals surface area contributed by atoms with E-state index in [1.165, 1.54) is 16.7 Å². The van der Waals surface area contributed by atoms with Crippen molar-refractivity contribution in [3.8, 4) is 17.5 Å². The highest BCUT2D eigenvalue weighted by atomic mass is 35.5. The van der Waals surface area contributed by atoms with Gasteiger partial charge in [-0.2, -0.15) is 5.26 Å². The van der Waals surface area contributed by atoms with E-state index in [1.54, 1.807) is 49.6 Å². The zero-order chi connectivity index (χ0) is 24.9. The van der Waals surface area contributed by atoms with Crippen molar-refractivity contribution >= 4 is 57.8 Å². The molecule has 0 saturated carbocycles. The molecule has 9 heteroatoms. The second kappa shape index (κ2) is 10.6. The number of benzene rings is 3. The number of rotatable bonds is 5. The first-order valence-electron chi connectivity index (χ1n) is 10.3. The van der Waals surface area contributed by atoms with Crippen LogP contribution >= 0.6 is 34.5 Å². The Morgan fingerprint density at radius 2 is 1.80 bits per heavy atom. The van der Waals surface area contributed by atoms with Crippen molar-refractivity contribution in [1.82, 2.24) is 4.57 Å². The third-order valence-corrected chi connectivity index (χ3v) is 6.65. The quantitative estimate of drug-likeness (QED) is 0.423. The van der Waals surface area contributed by atoms with E-state index in [2.05, 4.69) is 5.32 Å². The van der Waals surface area contributed by atoms with Crippen molar-refractivity contribution in [3.63, 3.8) is 0 Å². The molecule has 0 aliphatic carbocycles. The number of nitriles is 1. The van der Waals surface area contributed by atoms with Crippen LogP contribution in [0.5, 0.6) is 5.75 Å². The molecule has 1 N–H and O–H groups in total. The summed E-state index contributed by atoms with van der Waals surface area (Å²) in [6, 6.07) is 22.6. The number of halogens is 2. The summed E-state index contributed by atoms with van der Waals surface area (Å²) >= 11 is 13.2. The van der Waals surface area contributed by atoms with Crippen LogP contribution in [0.1, 0.15) is 5.56 Å². The number of anilines is 1. The highest BCUT2D eigenvalue weighted by molar-refractivity contribution is 7.07. The molecule has 1 amide bonds. The Hall–Kier alpha value is -3.83. The summed E-state index contributed by atoms with van der Waals surface area (Å²) < 4.78 is 7.25. The van der Waals surface area contributed by atoms with Crippen molar-refractivity contribution in [2.75, 3.05) is 12.4 Å². The van der Waals surface area contributed by atoms with Gasteiger partial charge in [-0.05, 0) is 42.5 Å². The van der Waals surface area contributed by atoms with Gasteiger partial charge in [-0.15, -0.1) is 11.3 Å². The maximum Gasteiger partial charge on any atom is 0.273 e. The van der Waals surface area contributed by atoms with Crippen LogP contribution in [-0.4, -0.2) is 17.6 Å². The molecule has 0 bridgehead atoms. The van der Waals surface area contributed by atoms with Gasteiger partial charge in [-0.3, -0.25) is 14.2 Å². The van der Waals surface area contributed by atoms with E-state index >= 15 is 0 Å². The minimum absolute atomic E-state index is 0.181. The Kier molecular flexibility index (Phi) is 7.37. The Balaban J connectivity index is 1.97. The molecule has 3 aromatic carbocycles. The number of methoxy groups -OCH3 is 1. The fourth-order valence-electron chi connectivity index (χ4n) is 3.36. The molecular formula is C26H17Cl2N3O3S. The number of carbonyl (C=O) groups excluding carboxylic acids is 1. The van der Waals surface area contributed by atoms with E-state index in [0.717, 1.165) is 11.3 Å². The van der Waals surface area contributed by atoms with Crippen LogP contribution in [0.3, 0.4) is 0 Å². The number of nitrogens with zero attached hydrogens (tertiary/aromatic N) is 2. The minimum Gasteiger partial charge on any atom is -0.496 e. The van der Waals surface area contributed by atoms with Gasteiger partial charge in [0, 0.05) is 10.6 Å². The maximum absolute atomic E-state index is 13.5. The summed E-state index contributed by atoms with van der Waals surface area (Å²) in [5.41, 5.74) is 0.844. The molecule has 1 aromatic heterocycles. The normalized spacial score (nSPS) is 12.1. The molecule has 35 heavy (non-hydrogen) atoms. The third kappa shape index (κ3) is 5.15. The third-order valence-electron chi connectivity index (χ3n) is 4.99. The van der Waals surface area contributed by atoms with Crippen molar-refractivity contribution in [3.05, 3.63) is 108 Å². The number of hydrogen-bond acceptors (Lipinski definition) is 5. The number of hydrogen-bond donors (Lipinski definition) is 1. The van der Waals surface area contributed by atoms with Gasteiger partial charge in [0.05, 0.1) is 28.0 Å². The summed E-state index contributed by atoms with van der Waals surface area (Å²) in [6.45, 7) is 0. The molecule has 174 valence electrons. The van der Waals surface area contributed by atoms with Gasteiger partial charge >= 0.3 is 0 Å². The average molecular weight is 522 g/mol. The standard InChI is InChI=1S/C26H17Cl2N3O3S/c1-34-22-10-6-5-7-16(22)13-23-25(33)31(18-8-3-2-4-9-18)26(35-23)19(15-29)24(32)30-21-14-17(27)11-12-20(21)28/h2-14H,1H3,(H,30,32)/b23-13+,26-19-. The van der Waals surface area contributed by atoms with Gasteiger partial charge < -0.3 is 10.1 Å². The van der Waals surface area contributed by atoms with E-state index < -0.39 is 5.91 Å². The number of carbonyl (C=O) groups is 1. The van der Waals surface area contributed by atoms with Crippen LogP contribution in [0.15, 0.2) is 77.6 Å². The summed E-state index contributed by atoms with van der Waals surface area (Å²) in [5, 5.41) is 13.2. The topological polar surface area (TPSA) is 84.1 Å². The van der Waals surface area contributed by atoms with Crippen LogP contribution < -0.4 is 24.8 Å². The van der Waals surface area contributed by atoms with Gasteiger partial charge in [0.25, 0.3) is 11.5 Å². The van der Waals surface area contributed by atoms with Gasteiger partial charge in [0.2, 0.25) is 0 Å². The summed E-state index contributed by atoms with van der Waals surface area (Å²) in [4.78, 5) is 26.7. The lowest BCUT2D eigenvalue weighted by molar-refractivity contribution is -0.111. The van der Waals surface area contributed by atoms with Crippen molar-refractivity contribution in [2.24, 2.45) is 0 Å². The number of para-hydroxylation sites is 2. The van der Waals surface area contributed by atoms with E-state index in [0.29, 0.717) is 26.6 Å². The second-order valence-electron chi connectivity index (χ2n) is 7.20. The van der Waals surface area contributed by atoms with Crippen LogP contribution in [0.25, 0.3) is 17.3 Å². The largest absolute Gasteiger partial charge is 0.496 e. The summed E-state index contributed by atoms with van der Waals surface area (Å²) in [7, 11) is 1.54. The first-order chi connectivity index (χ1) is 16.9. The first kappa shape index (κ1) is 24.3. The summed E-state index contributed by atoms with van der Waals surface area (Å²) in [6.07, 6.45) is 1.68. The lowest BCUT2D eigenvalue weighted by Crippen LogP contribution is -2.32. The molecule has 0 atom stereocenters. The predicted molar refractivity (Wildman–Crippen MR) is 140 cm³/mol. The number of amides is 1. The molecule has 0 fully saturated rings. The number of nitrogens with one attached hydrogen (secondary N) is 1. The Bertz CT molecular complexity index is 1640. The molecule has 6 nitrogen and oxygen atoms in total. The number of aromatic nitrogens is 1. The molecule has 4 rings (SSSR count). The van der Waals surface area contributed by atoms with Gasteiger partial charge in [-0.1, -0.05) is 59.6 Å². The molecule has 0 aliphatic rings. The number of ether oxygens (including phenoxy) is 1. The van der Waals surface area contributed by atoms with Crippen molar-refractivity contribution in [2.45, 2.75) is 0 Å². The fraction of sp³-hybridized carbons (Fsp3) is 0.0385. The van der Waals surface area contributed by atoms with Crippen LogP contribution in [0.2, 0.25) is 10.0 Å². The van der Waals surface area contributed by atoms with Gasteiger partial charge in [-0.25, -0.2) is 0 Å². The molecule has 4 aromatic rings.